The van der Waals surface area contributed by atoms with Gasteiger partial charge in [0, 0.05) is 18.2 Å². The zero-order chi connectivity index (χ0) is 15.2. The Morgan fingerprint density at radius 3 is 1.90 bits per heavy atom. The maximum Gasteiger partial charge on any atom is 0.282 e. The van der Waals surface area contributed by atoms with E-state index < -0.39 is 5.78 Å². The molecule has 0 aliphatic rings. The highest BCUT2D eigenvalue weighted by atomic mass is 16.5. The number of hydrogen-bond acceptors (Lipinski definition) is 6. The summed E-state index contributed by atoms with van der Waals surface area (Å²) in [5.41, 5.74) is 0. The summed E-state index contributed by atoms with van der Waals surface area (Å²) in [6.07, 6.45) is 6.19. The smallest absolute Gasteiger partial charge is 0.282 e. The summed E-state index contributed by atoms with van der Waals surface area (Å²) < 4.78 is 9.67. The van der Waals surface area contributed by atoms with Gasteiger partial charge < -0.3 is 24.2 Å². The van der Waals surface area contributed by atoms with Crippen molar-refractivity contribution < 1.29 is 28.9 Å². The van der Waals surface area contributed by atoms with E-state index in [2.05, 4.69) is 0 Å². The molecule has 0 spiro atoms. The van der Waals surface area contributed by atoms with Gasteiger partial charge in [-0.25, -0.2) is 0 Å². The third-order valence-electron chi connectivity index (χ3n) is 2.35. The lowest BCUT2D eigenvalue weighted by atomic mass is 10.2. The van der Waals surface area contributed by atoms with Gasteiger partial charge in [-0.2, -0.15) is 0 Å². The van der Waals surface area contributed by atoms with Crippen molar-refractivity contribution in [2.24, 2.45) is 0 Å². The summed E-state index contributed by atoms with van der Waals surface area (Å²) in [7, 11) is 0. The molecule has 0 aliphatic heterocycles. The van der Waals surface area contributed by atoms with E-state index in [9.17, 15) is 9.90 Å². The number of aromatic hydroxyl groups is 2. The molecule has 2 aromatic heterocycles. The first kappa shape index (κ1) is 14.3. The van der Waals surface area contributed by atoms with Crippen LogP contribution in [-0.4, -0.2) is 21.1 Å². The Balaban J connectivity index is 1.96. The number of carbonyl (C=O) groups excluding carboxylic acids is 1. The second kappa shape index (κ2) is 6.33. The SMILES string of the molecule is O=C(/C=C(O)/C=C/c1ccc(O)o1)/C=C/c1ccc(O)o1. The van der Waals surface area contributed by atoms with E-state index in [1.807, 2.05) is 0 Å². The number of rotatable bonds is 5. The molecule has 0 aromatic carbocycles. The van der Waals surface area contributed by atoms with Crippen LogP contribution < -0.4 is 0 Å². The second-order valence-electron chi connectivity index (χ2n) is 3.99. The molecule has 0 saturated heterocycles. The molecule has 2 rings (SSSR count). The van der Waals surface area contributed by atoms with Crippen LogP contribution in [0.5, 0.6) is 11.9 Å². The molecule has 2 aromatic rings. The Hall–Kier alpha value is -3.15. The molecular weight excluding hydrogens is 276 g/mol. The molecule has 0 fully saturated rings. The quantitative estimate of drug-likeness (QED) is 0.444. The number of carbonyl (C=O) groups is 1. The van der Waals surface area contributed by atoms with Crippen LogP contribution in [0, 0.1) is 0 Å². The van der Waals surface area contributed by atoms with Gasteiger partial charge in [-0.15, -0.1) is 0 Å². The topological polar surface area (TPSA) is 104 Å². The Labute approximate surface area is 119 Å². The minimum absolute atomic E-state index is 0.237. The summed E-state index contributed by atoms with van der Waals surface area (Å²) in [4.78, 5) is 11.5. The van der Waals surface area contributed by atoms with E-state index in [1.165, 1.54) is 48.6 Å². The summed E-state index contributed by atoms with van der Waals surface area (Å²) >= 11 is 0. The second-order valence-corrected chi connectivity index (χ2v) is 3.99. The zero-order valence-electron chi connectivity index (χ0n) is 10.8. The van der Waals surface area contributed by atoms with Gasteiger partial charge in [0.05, 0.1) is 0 Å². The number of aliphatic hydroxyl groups excluding tert-OH is 1. The van der Waals surface area contributed by atoms with Crippen molar-refractivity contribution in [3.8, 4) is 11.9 Å². The lowest BCUT2D eigenvalue weighted by Crippen LogP contribution is -1.88. The third kappa shape index (κ3) is 4.46. The van der Waals surface area contributed by atoms with Gasteiger partial charge in [-0.3, -0.25) is 4.79 Å². The monoisotopic (exact) mass is 288 g/mol. The molecule has 0 bridgehead atoms. The van der Waals surface area contributed by atoms with E-state index in [0.29, 0.717) is 11.5 Å². The molecule has 3 N–H and O–H groups in total. The van der Waals surface area contributed by atoms with Gasteiger partial charge in [0.15, 0.2) is 5.78 Å². The Morgan fingerprint density at radius 2 is 1.43 bits per heavy atom. The first-order chi connectivity index (χ1) is 10.0. The maximum atomic E-state index is 11.5. The van der Waals surface area contributed by atoms with Gasteiger partial charge >= 0.3 is 0 Å². The third-order valence-corrected chi connectivity index (χ3v) is 2.35. The minimum atomic E-state index is -0.463. The van der Waals surface area contributed by atoms with E-state index in [-0.39, 0.29) is 17.7 Å². The highest BCUT2D eigenvalue weighted by Gasteiger charge is 1.99. The van der Waals surface area contributed by atoms with Crippen molar-refractivity contribution in [2.75, 3.05) is 0 Å². The zero-order valence-corrected chi connectivity index (χ0v) is 10.8. The van der Waals surface area contributed by atoms with Gasteiger partial charge in [-0.1, -0.05) is 0 Å². The summed E-state index contributed by atoms with van der Waals surface area (Å²) in [6, 6.07) is 5.70. The van der Waals surface area contributed by atoms with Crippen molar-refractivity contribution in [1.29, 1.82) is 0 Å². The summed E-state index contributed by atoms with van der Waals surface area (Å²) in [5.74, 6) is -0.570. The van der Waals surface area contributed by atoms with Crippen LogP contribution in [0.15, 0.2) is 57.1 Å². The normalized spacial score (nSPS) is 12.5. The van der Waals surface area contributed by atoms with Crippen LogP contribution in [0.1, 0.15) is 11.5 Å². The minimum Gasteiger partial charge on any atom is -0.508 e. The molecule has 6 heteroatoms. The average Bonchev–Trinajstić information content (AvgIpc) is 3.03. The van der Waals surface area contributed by atoms with Crippen LogP contribution in [-0.2, 0) is 4.79 Å². The van der Waals surface area contributed by atoms with Crippen LogP contribution in [0.2, 0.25) is 0 Å². The van der Waals surface area contributed by atoms with Gasteiger partial charge in [0.2, 0.25) is 0 Å². The molecule has 2 heterocycles. The average molecular weight is 288 g/mol. The molecule has 0 unspecified atom stereocenters. The van der Waals surface area contributed by atoms with Crippen LogP contribution in [0.3, 0.4) is 0 Å². The molecule has 0 saturated carbocycles. The van der Waals surface area contributed by atoms with E-state index in [4.69, 9.17) is 19.0 Å². The van der Waals surface area contributed by atoms with Crippen molar-refractivity contribution in [3.05, 3.63) is 59.8 Å². The van der Waals surface area contributed by atoms with Crippen molar-refractivity contribution in [2.45, 2.75) is 0 Å². The first-order valence-electron chi connectivity index (χ1n) is 5.91. The fourth-order valence-electron chi connectivity index (χ4n) is 1.44. The van der Waals surface area contributed by atoms with Gasteiger partial charge in [-0.05, 0) is 36.4 Å². The lowest BCUT2D eigenvalue weighted by Gasteiger charge is -1.89. The van der Waals surface area contributed by atoms with Gasteiger partial charge in [0.25, 0.3) is 11.9 Å². The van der Waals surface area contributed by atoms with Crippen molar-refractivity contribution in [1.82, 2.24) is 0 Å². The van der Waals surface area contributed by atoms with E-state index >= 15 is 0 Å². The summed E-state index contributed by atoms with van der Waals surface area (Å²) in [5, 5.41) is 27.5. The van der Waals surface area contributed by atoms with Crippen LogP contribution in [0.25, 0.3) is 12.2 Å². The highest BCUT2D eigenvalue weighted by Crippen LogP contribution is 2.16. The number of ketones is 1. The molecule has 6 nitrogen and oxygen atoms in total. The molecule has 0 radical (unpaired) electrons. The van der Waals surface area contributed by atoms with Gasteiger partial charge in [0.1, 0.15) is 17.3 Å². The van der Waals surface area contributed by atoms with E-state index in [0.717, 1.165) is 6.08 Å². The molecule has 0 aliphatic carbocycles. The molecular formula is C15H12O6. The fraction of sp³-hybridized carbons (Fsp3) is 0. The fourth-order valence-corrected chi connectivity index (χ4v) is 1.44. The van der Waals surface area contributed by atoms with Crippen LogP contribution in [0.4, 0.5) is 0 Å². The van der Waals surface area contributed by atoms with Crippen molar-refractivity contribution in [3.63, 3.8) is 0 Å². The number of hydrogen-bond donors (Lipinski definition) is 3. The predicted octanol–water partition coefficient (Wildman–Crippen LogP) is 3.02. The van der Waals surface area contributed by atoms with Crippen molar-refractivity contribution >= 4 is 17.9 Å². The molecule has 0 amide bonds. The number of furan rings is 2. The molecule has 0 atom stereocenters. The Morgan fingerprint density at radius 1 is 0.905 bits per heavy atom. The molecule has 108 valence electrons. The highest BCUT2D eigenvalue weighted by molar-refractivity contribution is 6.02. The number of aliphatic hydroxyl groups is 1. The Kier molecular flexibility index (Phi) is 4.30. The number of allylic oxidation sites excluding steroid dienone is 3. The lowest BCUT2D eigenvalue weighted by molar-refractivity contribution is -0.110. The maximum absolute atomic E-state index is 11.5. The van der Waals surface area contributed by atoms with E-state index in [1.54, 1.807) is 0 Å². The Bertz CT molecular complexity index is 714. The summed E-state index contributed by atoms with van der Waals surface area (Å²) in [6.45, 7) is 0. The predicted molar refractivity (Wildman–Crippen MR) is 74.5 cm³/mol. The van der Waals surface area contributed by atoms with Crippen LogP contribution >= 0.6 is 0 Å². The largest absolute Gasteiger partial charge is 0.508 e. The molecule has 21 heavy (non-hydrogen) atoms. The first-order valence-corrected chi connectivity index (χ1v) is 5.91. The standard InChI is InChI=1S/C15H12O6/c16-10(1-3-12-5-7-14(18)20-12)9-11(17)2-4-13-6-8-15(19)21-13/h1-9,16,18-19H/b3-1+,4-2+,10-9-.